The van der Waals surface area contributed by atoms with Crippen molar-refractivity contribution in [3.63, 3.8) is 0 Å². The van der Waals surface area contributed by atoms with E-state index in [0.717, 1.165) is 0 Å². The van der Waals surface area contributed by atoms with E-state index >= 15 is 0 Å². The van der Waals surface area contributed by atoms with Crippen LogP contribution in [0.5, 0.6) is 0 Å². The third-order valence-electron chi connectivity index (χ3n) is 1.24. The Bertz CT molecular complexity index is 59.9. The van der Waals surface area contributed by atoms with Gasteiger partial charge < -0.3 is 0 Å². The molecule has 0 aromatic rings. The average molecular weight is 114 g/mol. The second kappa shape index (κ2) is 1.75. The maximum Gasteiger partial charge on any atom is 0.0282 e. The minimum absolute atomic E-state index is 0.0216. The first-order valence-electron chi connectivity index (χ1n) is 2.54. The van der Waals surface area contributed by atoms with E-state index in [2.05, 4.69) is 12.2 Å². The molecule has 0 atom stereocenters. The predicted octanol–water partition coefficient (Wildman–Crippen LogP) is -0.355. The molecule has 34 valence electrons. The molecule has 0 N–H and O–H groups in total. The van der Waals surface area contributed by atoms with E-state index in [1.165, 1.54) is 21.8 Å². The molecule has 2 heteroatoms. The molecule has 0 saturated heterocycles. The molecule has 0 bridgehead atoms. The highest BCUT2D eigenvalue weighted by Crippen LogP contribution is 2.05. The van der Waals surface area contributed by atoms with Crippen LogP contribution >= 0.6 is 0 Å². The topological polar surface area (TPSA) is 0 Å². The summed E-state index contributed by atoms with van der Waals surface area (Å²) >= 11 is 0. The highest BCUT2D eigenvalue weighted by atomic mass is 29.1. The fourth-order valence-corrected chi connectivity index (χ4v) is 3.89. The molecule has 0 aliphatic carbocycles. The van der Waals surface area contributed by atoms with Crippen LogP contribution in [0.4, 0.5) is 0 Å². The van der Waals surface area contributed by atoms with Crippen molar-refractivity contribution in [1.29, 1.82) is 0 Å². The summed E-state index contributed by atoms with van der Waals surface area (Å²) in [5.74, 6) is 0. The predicted molar refractivity (Wildman–Crippen MR) is 35.8 cm³/mol. The van der Waals surface area contributed by atoms with Crippen LogP contribution in [-0.2, 0) is 0 Å². The number of rotatable bonds is 0. The van der Waals surface area contributed by atoms with Crippen LogP contribution in [0.25, 0.3) is 0 Å². The van der Waals surface area contributed by atoms with Gasteiger partial charge in [0, 0.05) is 8.31 Å². The average Bonchev–Trinajstić information content (AvgIpc) is 1.86. The van der Waals surface area contributed by atoms with Crippen molar-refractivity contribution in [2.75, 3.05) is 0 Å². The highest BCUT2D eigenvalue weighted by Gasteiger charge is 2.02. The zero-order valence-electron chi connectivity index (χ0n) is 4.15. The third-order valence-corrected chi connectivity index (χ3v) is 6.23. The van der Waals surface area contributed by atoms with Crippen molar-refractivity contribution >= 4 is 18.1 Å². The third kappa shape index (κ3) is 0.817. The summed E-state index contributed by atoms with van der Waals surface area (Å²) in [7, 11) is 1.51. The standard InChI is InChI=1S/C4H10Si2/c5-6-3-1-2-4-6/h1-2,6H,3-4H2,5H3. The van der Waals surface area contributed by atoms with E-state index < -0.39 is 0 Å². The van der Waals surface area contributed by atoms with E-state index in [1.807, 2.05) is 0 Å². The fraction of sp³-hybridized carbons (Fsp3) is 0.500. The van der Waals surface area contributed by atoms with Crippen LogP contribution in [0.1, 0.15) is 0 Å². The van der Waals surface area contributed by atoms with Crippen molar-refractivity contribution < 1.29 is 0 Å². The molecule has 1 aliphatic rings. The molecule has 0 unspecified atom stereocenters. The van der Waals surface area contributed by atoms with Gasteiger partial charge in [-0.3, -0.25) is 0 Å². The summed E-state index contributed by atoms with van der Waals surface area (Å²) in [5, 5.41) is 0. The van der Waals surface area contributed by atoms with Crippen molar-refractivity contribution in [3.8, 4) is 0 Å². The van der Waals surface area contributed by atoms with E-state index in [1.54, 1.807) is 0 Å². The number of hydrogen-bond acceptors (Lipinski definition) is 0. The Balaban J connectivity index is 2.32. The van der Waals surface area contributed by atoms with Crippen LogP contribution < -0.4 is 0 Å². The summed E-state index contributed by atoms with van der Waals surface area (Å²) in [6.45, 7) is 0. The second-order valence-corrected chi connectivity index (χ2v) is 10.1. The lowest BCUT2D eigenvalue weighted by Crippen LogP contribution is -2.03. The van der Waals surface area contributed by atoms with Gasteiger partial charge >= 0.3 is 0 Å². The number of hydrogen-bond donors (Lipinski definition) is 0. The SMILES string of the molecule is [SiH3][SiH]1CC=CC1. The lowest BCUT2D eigenvalue weighted by molar-refractivity contribution is 1.75. The smallest absolute Gasteiger partial charge is 0.0282 e. The van der Waals surface area contributed by atoms with Gasteiger partial charge in [-0.1, -0.05) is 12.2 Å². The van der Waals surface area contributed by atoms with E-state index in [-0.39, 0.29) is 8.31 Å². The van der Waals surface area contributed by atoms with Gasteiger partial charge in [0.25, 0.3) is 0 Å². The summed E-state index contributed by atoms with van der Waals surface area (Å²) in [6, 6.07) is 3.01. The molecule has 0 fully saturated rings. The maximum absolute atomic E-state index is 2.35. The quantitative estimate of drug-likeness (QED) is 0.298. The van der Waals surface area contributed by atoms with Crippen molar-refractivity contribution in [1.82, 2.24) is 0 Å². The molecule has 0 spiro atoms. The molecule has 0 aromatic carbocycles. The summed E-state index contributed by atoms with van der Waals surface area (Å²) < 4.78 is 0. The Morgan fingerprint density at radius 3 is 2.00 bits per heavy atom. The Labute approximate surface area is 43.1 Å². The fourth-order valence-electron chi connectivity index (χ4n) is 0.753. The molecule has 0 saturated carbocycles. The highest BCUT2D eigenvalue weighted by molar-refractivity contribution is 7.04. The molecule has 1 rings (SSSR count). The largest absolute Gasteiger partial charge is 0.0920 e. The van der Waals surface area contributed by atoms with Gasteiger partial charge in [-0.2, -0.15) is 0 Å². The molecule has 0 radical (unpaired) electrons. The first-order valence-corrected chi connectivity index (χ1v) is 8.80. The second-order valence-electron chi connectivity index (χ2n) is 2.05. The van der Waals surface area contributed by atoms with Crippen molar-refractivity contribution in [2.45, 2.75) is 12.1 Å². The maximum atomic E-state index is 2.35. The van der Waals surface area contributed by atoms with Crippen LogP contribution in [0.3, 0.4) is 0 Å². The lowest BCUT2D eigenvalue weighted by Gasteiger charge is -1.89. The van der Waals surface area contributed by atoms with Crippen LogP contribution in [-0.4, -0.2) is 18.1 Å². The Hall–Kier alpha value is 0.174. The minimum Gasteiger partial charge on any atom is -0.0920 e. The van der Waals surface area contributed by atoms with Crippen molar-refractivity contribution in [2.24, 2.45) is 0 Å². The van der Waals surface area contributed by atoms with Gasteiger partial charge in [0.15, 0.2) is 0 Å². The van der Waals surface area contributed by atoms with Gasteiger partial charge in [0.1, 0.15) is 0 Å². The minimum atomic E-state index is -0.0216. The molecule has 0 aromatic heterocycles. The van der Waals surface area contributed by atoms with Gasteiger partial charge in [0.2, 0.25) is 0 Å². The van der Waals surface area contributed by atoms with Gasteiger partial charge in [0.05, 0.1) is 0 Å². The zero-order valence-corrected chi connectivity index (χ0v) is 7.30. The van der Waals surface area contributed by atoms with Crippen LogP contribution in [0.2, 0.25) is 12.1 Å². The monoisotopic (exact) mass is 114 g/mol. The molecule has 6 heavy (non-hydrogen) atoms. The van der Waals surface area contributed by atoms with Gasteiger partial charge in [-0.05, 0) is 21.8 Å². The van der Waals surface area contributed by atoms with E-state index in [0.29, 0.717) is 0 Å². The molecule has 0 nitrogen and oxygen atoms in total. The molecule has 1 aliphatic heterocycles. The molecular formula is C4H10Si2. The first kappa shape index (κ1) is 4.34. The normalized spacial score (nSPS) is 23.3. The van der Waals surface area contributed by atoms with E-state index in [9.17, 15) is 0 Å². The molecule has 0 amide bonds. The van der Waals surface area contributed by atoms with Crippen molar-refractivity contribution in [3.05, 3.63) is 12.2 Å². The first-order chi connectivity index (χ1) is 2.89. The Morgan fingerprint density at radius 2 is 1.83 bits per heavy atom. The van der Waals surface area contributed by atoms with Gasteiger partial charge in [-0.15, -0.1) is 0 Å². The van der Waals surface area contributed by atoms with Crippen LogP contribution in [0.15, 0.2) is 12.2 Å². The summed E-state index contributed by atoms with van der Waals surface area (Å²) in [6.07, 6.45) is 4.70. The Morgan fingerprint density at radius 1 is 1.33 bits per heavy atom. The summed E-state index contributed by atoms with van der Waals surface area (Å²) in [4.78, 5) is 0. The van der Waals surface area contributed by atoms with Gasteiger partial charge in [-0.25, -0.2) is 0 Å². The number of allylic oxidation sites excluding steroid dienone is 2. The van der Waals surface area contributed by atoms with E-state index in [4.69, 9.17) is 0 Å². The lowest BCUT2D eigenvalue weighted by atomic mass is 10.6. The molecular weight excluding hydrogens is 104 g/mol. The summed E-state index contributed by atoms with van der Waals surface area (Å²) in [5.41, 5.74) is 0. The molecule has 1 heterocycles. The van der Waals surface area contributed by atoms with Crippen LogP contribution in [0, 0.1) is 0 Å². The zero-order chi connectivity index (χ0) is 4.41. The Kier molecular flexibility index (Phi) is 1.27.